The van der Waals surface area contributed by atoms with Gasteiger partial charge in [-0.05, 0) is 24.6 Å². The van der Waals surface area contributed by atoms with Crippen LogP contribution in [0.1, 0.15) is 19.8 Å². The summed E-state index contributed by atoms with van der Waals surface area (Å²) in [6, 6.07) is 4.21. The van der Waals surface area contributed by atoms with Gasteiger partial charge in [0.1, 0.15) is 4.90 Å². The molecule has 0 atom stereocenters. The molecule has 112 valence electrons. The van der Waals surface area contributed by atoms with Crippen LogP contribution in [0.5, 0.6) is 0 Å². The van der Waals surface area contributed by atoms with Crippen molar-refractivity contribution in [2.24, 2.45) is 0 Å². The first-order valence-corrected chi connectivity index (χ1v) is 8.04. The maximum absolute atomic E-state index is 12.0. The van der Waals surface area contributed by atoms with Crippen LogP contribution in [0, 0.1) is 0 Å². The highest BCUT2D eigenvalue weighted by Gasteiger charge is 2.18. The number of carbonyl (C=O) groups excluding carboxylic acids is 1. The summed E-state index contributed by atoms with van der Waals surface area (Å²) >= 11 is 5.84. The Kier molecular flexibility index (Phi) is 6.25. The number of hydrogen-bond donors (Lipinski definition) is 3. The minimum Gasteiger partial charge on any atom is -0.399 e. The lowest BCUT2D eigenvalue weighted by Crippen LogP contribution is -2.31. The van der Waals surface area contributed by atoms with Crippen molar-refractivity contribution < 1.29 is 13.2 Å². The van der Waals surface area contributed by atoms with Gasteiger partial charge in [0.15, 0.2) is 0 Å². The molecule has 0 bridgehead atoms. The lowest BCUT2D eigenvalue weighted by atomic mass is 10.3. The Labute approximate surface area is 123 Å². The van der Waals surface area contributed by atoms with Gasteiger partial charge in [0.05, 0.1) is 5.02 Å². The molecule has 0 saturated heterocycles. The fourth-order valence-corrected chi connectivity index (χ4v) is 3.02. The van der Waals surface area contributed by atoms with Crippen LogP contribution >= 0.6 is 11.6 Å². The molecule has 0 aliphatic carbocycles. The maximum atomic E-state index is 12.0. The highest BCUT2D eigenvalue weighted by atomic mass is 35.5. The summed E-state index contributed by atoms with van der Waals surface area (Å²) in [4.78, 5) is 11.3. The molecule has 8 heteroatoms. The van der Waals surface area contributed by atoms with Crippen LogP contribution in [0.2, 0.25) is 5.02 Å². The Bertz CT molecular complexity index is 575. The van der Waals surface area contributed by atoms with Gasteiger partial charge in [0, 0.05) is 25.2 Å². The molecular formula is C12H18ClN3O3S. The number of amides is 1. The van der Waals surface area contributed by atoms with Crippen LogP contribution in [-0.2, 0) is 14.8 Å². The first-order valence-electron chi connectivity index (χ1n) is 6.18. The van der Waals surface area contributed by atoms with Crippen molar-refractivity contribution in [2.75, 3.05) is 18.8 Å². The number of hydrogen-bond acceptors (Lipinski definition) is 4. The normalized spacial score (nSPS) is 11.3. The van der Waals surface area contributed by atoms with Crippen molar-refractivity contribution in [1.29, 1.82) is 0 Å². The molecule has 6 nitrogen and oxygen atoms in total. The van der Waals surface area contributed by atoms with Crippen molar-refractivity contribution in [1.82, 2.24) is 10.0 Å². The second-order valence-electron chi connectivity index (χ2n) is 4.19. The summed E-state index contributed by atoms with van der Waals surface area (Å²) in [7, 11) is -3.77. The first-order chi connectivity index (χ1) is 9.36. The minimum atomic E-state index is -3.77. The van der Waals surface area contributed by atoms with E-state index in [-0.39, 0.29) is 28.8 Å². The van der Waals surface area contributed by atoms with Gasteiger partial charge in [-0.2, -0.15) is 0 Å². The average Bonchev–Trinajstić information content (AvgIpc) is 2.38. The summed E-state index contributed by atoms with van der Waals surface area (Å²) in [6.45, 7) is 2.51. The van der Waals surface area contributed by atoms with E-state index in [1.807, 2.05) is 6.92 Å². The number of halogens is 1. The van der Waals surface area contributed by atoms with E-state index in [0.29, 0.717) is 12.2 Å². The zero-order chi connectivity index (χ0) is 15.2. The van der Waals surface area contributed by atoms with Gasteiger partial charge >= 0.3 is 0 Å². The molecule has 0 aliphatic heterocycles. The van der Waals surface area contributed by atoms with E-state index in [9.17, 15) is 13.2 Å². The summed E-state index contributed by atoms with van der Waals surface area (Å²) in [6.07, 6.45) is 0.898. The van der Waals surface area contributed by atoms with Gasteiger partial charge in [-0.15, -0.1) is 0 Å². The third-order valence-electron chi connectivity index (χ3n) is 2.46. The molecule has 0 heterocycles. The molecule has 0 aromatic heterocycles. The molecule has 1 amide bonds. The first kappa shape index (κ1) is 16.7. The fourth-order valence-electron chi connectivity index (χ4n) is 1.46. The monoisotopic (exact) mass is 319 g/mol. The summed E-state index contributed by atoms with van der Waals surface area (Å²) in [5, 5.41) is 2.74. The third-order valence-corrected chi connectivity index (χ3v) is 4.40. The summed E-state index contributed by atoms with van der Waals surface area (Å²) in [5.74, 6) is -0.201. The molecule has 4 N–H and O–H groups in total. The SMILES string of the molecule is CCCNC(=O)CCNS(=O)(=O)c1cc(N)ccc1Cl. The largest absolute Gasteiger partial charge is 0.399 e. The average molecular weight is 320 g/mol. The number of rotatable bonds is 7. The van der Waals surface area contributed by atoms with Gasteiger partial charge in [0.2, 0.25) is 15.9 Å². The van der Waals surface area contributed by atoms with Gasteiger partial charge in [-0.1, -0.05) is 18.5 Å². The predicted molar refractivity (Wildman–Crippen MR) is 79.0 cm³/mol. The van der Waals surface area contributed by atoms with Crippen LogP contribution in [0.4, 0.5) is 5.69 Å². The second-order valence-corrected chi connectivity index (χ2v) is 6.33. The van der Waals surface area contributed by atoms with Crippen LogP contribution in [0.3, 0.4) is 0 Å². The molecule has 0 fully saturated rings. The van der Waals surface area contributed by atoms with E-state index in [0.717, 1.165) is 6.42 Å². The minimum absolute atomic E-state index is 0.00299. The lowest BCUT2D eigenvalue weighted by molar-refractivity contribution is -0.120. The number of nitrogens with one attached hydrogen (secondary N) is 2. The van der Waals surface area contributed by atoms with Crippen molar-refractivity contribution in [3.63, 3.8) is 0 Å². The number of anilines is 1. The number of benzene rings is 1. The number of nitrogens with two attached hydrogens (primary N) is 1. The van der Waals surface area contributed by atoms with Crippen molar-refractivity contribution in [3.05, 3.63) is 23.2 Å². The van der Waals surface area contributed by atoms with Crippen molar-refractivity contribution in [3.8, 4) is 0 Å². The Morgan fingerprint density at radius 1 is 1.35 bits per heavy atom. The van der Waals surface area contributed by atoms with E-state index in [4.69, 9.17) is 17.3 Å². The Morgan fingerprint density at radius 3 is 2.70 bits per heavy atom. The van der Waals surface area contributed by atoms with Gasteiger partial charge in [-0.3, -0.25) is 4.79 Å². The molecule has 1 rings (SSSR count). The third kappa shape index (κ3) is 4.99. The molecule has 1 aromatic rings. The molecule has 0 saturated carbocycles. The maximum Gasteiger partial charge on any atom is 0.242 e. The van der Waals surface area contributed by atoms with Gasteiger partial charge in [-0.25, -0.2) is 13.1 Å². The zero-order valence-corrected chi connectivity index (χ0v) is 12.7. The molecule has 0 unspecified atom stereocenters. The highest BCUT2D eigenvalue weighted by molar-refractivity contribution is 7.89. The van der Waals surface area contributed by atoms with E-state index < -0.39 is 10.0 Å². The number of nitrogen functional groups attached to an aromatic ring is 1. The predicted octanol–water partition coefficient (Wildman–Crippen LogP) is 1.12. The van der Waals surface area contributed by atoms with Crippen LogP contribution < -0.4 is 15.8 Å². The van der Waals surface area contributed by atoms with Crippen LogP contribution in [0.25, 0.3) is 0 Å². The van der Waals surface area contributed by atoms with E-state index >= 15 is 0 Å². The molecule has 20 heavy (non-hydrogen) atoms. The van der Waals surface area contributed by atoms with E-state index in [2.05, 4.69) is 10.0 Å². The molecule has 1 aromatic carbocycles. The highest BCUT2D eigenvalue weighted by Crippen LogP contribution is 2.23. The van der Waals surface area contributed by atoms with Gasteiger partial charge < -0.3 is 11.1 Å². The molecule has 0 aliphatic rings. The molecule has 0 radical (unpaired) electrons. The summed E-state index contributed by atoms with van der Waals surface area (Å²) < 4.78 is 26.4. The molecule has 0 spiro atoms. The topological polar surface area (TPSA) is 101 Å². The van der Waals surface area contributed by atoms with Crippen LogP contribution in [0.15, 0.2) is 23.1 Å². The summed E-state index contributed by atoms with van der Waals surface area (Å²) in [5.41, 5.74) is 5.84. The van der Waals surface area contributed by atoms with Crippen LogP contribution in [-0.4, -0.2) is 27.4 Å². The van der Waals surface area contributed by atoms with Gasteiger partial charge in [0.25, 0.3) is 0 Å². The standard InChI is InChI=1S/C12H18ClN3O3S/c1-2-6-15-12(17)5-7-16-20(18,19)11-8-9(14)3-4-10(11)13/h3-4,8,16H,2,5-7,14H2,1H3,(H,15,17). The van der Waals surface area contributed by atoms with Crippen molar-refractivity contribution in [2.45, 2.75) is 24.7 Å². The Morgan fingerprint density at radius 2 is 2.05 bits per heavy atom. The second kappa shape index (κ2) is 7.47. The smallest absolute Gasteiger partial charge is 0.242 e. The zero-order valence-electron chi connectivity index (χ0n) is 11.1. The lowest BCUT2D eigenvalue weighted by Gasteiger charge is -2.09. The van der Waals surface area contributed by atoms with Crippen molar-refractivity contribution >= 4 is 33.2 Å². The van der Waals surface area contributed by atoms with E-state index in [1.54, 1.807) is 0 Å². The Balaban J connectivity index is 2.62. The number of carbonyl (C=O) groups is 1. The number of sulfonamides is 1. The fraction of sp³-hybridized carbons (Fsp3) is 0.417. The Hall–Kier alpha value is -1.31. The van der Waals surface area contributed by atoms with E-state index in [1.165, 1.54) is 18.2 Å². The molecular weight excluding hydrogens is 302 g/mol. The quantitative estimate of drug-likeness (QED) is 0.655.